The van der Waals surface area contributed by atoms with Crippen molar-refractivity contribution in [1.29, 1.82) is 0 Å². The molecule has 0 spiro atoms. The van der Waals surface area contributed by atoms with Crippen molar-refractivity contribution in [3.63, 3.8) is 0 Å². The minimum atomic E-state index is -3.72. The molecule has 24 heavy (non-hydrogen) atoms. The van der Waals surface area contributed by atoms with Gasteiger partial charge in [-0.25, -0.2) is 13.1 Å². The quantitative estimate of drug-likeness (QED) is 0.666. The largest absolute Gasteiger partial charge is 0.453 e. The zero-order valence-electron chi connectivity index (χ0n) is 13.1. The lowest BCUT2D eigenvalue weighted by atomic mass is 10.3. The summed E-state index contributed by atoms with van der Waals surface area (Å²) in [4.78, 5) is 23.4. The van der Waals surface area contributed by atoms with Gasteiger partial charge in [-0.15, -0.1) is 0 Å². The Hall–Kier alpha value is -1.64. The fourth-order valence-corrected chi connectivity index (χ4v) is 3.00. The van der Waals surface area contributed by atoms with Crippen LogP contribution in [0.15, 0.2) is 29.2 Å². The van der Waals surface area contributed by atoms with Crippen molar-refractivity contribution in [2.75, 3.05) is 6.54 Å². The third kappa shape index (κ3) is 5.77. The van der Waals surface area contributed by atoms with Crippen LogP contribution in [0.1, 0.15) is 26.2 Å². The number of halogens is 1. The van der Waals surface area contributed by atoms with E-state index in [1.165, 1.54) is 31.2 Å². The lowest BCUT2D eigenvalue weighted by Crippen LogP contribution is -2.37. The molecule has 1 amide bonds. The van der Waals surface area contributed by atoms with E-state index in [1.807, 2.05) is 0 Å². The molecule has 0 aliphatic heterocycles. The van der Waals surface area contributed by atoms with Gasteiger partial charge < -0.3 is 10.1 Å². The molecule has 1 fully saturated rings. The van der Waals surface area contributed by atoms with E-state index in [2.05, 4.69) is 10.0 Å². The highest BCUT2D eigenvalue weighted by molar-refractivity contribution is 7.89. The van der Waals surface area contributed by atoms with Crippen LogP contribution in [0, 0.1) is 0 Å². The Labute approximate surface area is 145 Å². The molecule has 132 valence electrons. The molecular weight excluding hydrogens is 356 g/mol. The van der Waals surface area contributed by atoms with Gasteiger partial charge in [0.2, 0.25) is 10.0 Å². The van der Waals surface area contributed by atoms with Crippen LogP contribution >= 0.6 is 11.6 Å². The molecule has 1 saturated carbocycles. The topological polar surface area (TPSA) is 102 Å². The number of nitrogens with one attached hydrogen (secondary N) is 2. The SMILES string of the molecule is C[C@@H](OC(=O)CCNS(=O)(=O)c1ccc(Cl)cc1)C(=O)NC1CC1. The van der Waals surface area contributed by atoms with Crippen LogP contribution < -0.4 is 10.0 Å². The average molecular weight is 375 g/mol. The molecule has 1 aromatic rings. The Morgan fingerprint density at radius 1 is 1.29 bits per heavy atom. The van der Waals surface area contributed by atoms with Gasteiger partial charge in [-0.2, -0.15) is 0 Å². The second-order valence-electron chi connectivity index (χ2n) is 5.52. The second-order valence-corrected chi connectivity index (χ2v) is 7.72. The lowest BCUT2D eigenvalue weighted by molar-refractivity contribution is -0.154. The number of sulfonamides is 1. The zero-order valence-corrected chi connectivity index (χ0v) is 14.7. The number of amides is 1. The van der Waals surface area contributed by atoms with E-state index in [0.29, 0.717) is 5.02 Å². The van der Waals surface area contributed by atoms with Crippen molar-refractivity contribution in [3.05, 3.63) is 29.3 Å². The Kier molecular flexibility index (Phi) is 6.20. The van der Waals surface area contributed by atoms with Crippen LogP contribution in [0.2, 0.25) is 5.02 Å². The van der Waals surface area contributed by atoms with Crippen molar-refractivity contribution < 1.29 is 22.7 Å². The molecular formula is C15H19ClN2O5S. The van der Waals surface area contributed by atoms with Crippen molar-refractivity contribution in [3.8, 4) is 0 Å². The number of carbonyl (C=O) groups is 2. The van der Waals surface area contributed by atoms with Gasteiger partial charge in [-0.05, 0) is 44.0 Å². The first kappa shape index (κ1) is 18.7. The highest BCUT2D eigenvalue weighted by atomic mass is 35.5. The number of rotatable bonds is 8. The highest BCUT2D eigenvalue weighted by Gasteiger charge is 2.27. The van der Waals surface area contributed by atoms with E-state index in [4.69, 9.17) is 16.3 Å². The summed E-state index contributed by atoms with van der Waals surface area (Å²) in [7, 11) is -3.72. The van der Waals surface area contributed by atoms with Crippen molar-refractivity contribution >= 4 is 33.5 Å². The molecule has 2 N–H and O–H groups in total. The number of benzene rings is 1. The molecule has 1 aromatic carbocycles. The van der Waals surface area contributed by atoms with Gasteiger partial charge in [0.25, 0.3) is 5.91 Å². The first-order valence-electron chi connectivity index (χ1n) is 7.53. The third-order valence-electron chi connectivity index (χ3n) is 3.35. The molecule has 0 unspecified atom stereocenters. The fraction of sp³-hybridized carbons (Fsp3) is 0.467. The molecule has 0 radical (unpaired) electrons. The minimum absolute atomic E-state index is 0.0532. The van der Waals surface area contributed by atoms with Crippen LogP contribution in [-0.4, -0.2) is 39.0 Å². The van der Waals surface area contributed by atoms with E-state index in [1.54, 1.807) is 0 Å². The first-order valence-corrected chi connectivity index (χ1v) is 9.39. The summed E-state index contributed by atoms with van der Waals surface area (Å²) in [6.07, 6.45) is 0.817. The number of esters is 1. The summed E-state index contributed by atoms with van der Waals surface area (Å²) in [5.74, 6) is -0.986. The highest BCUT2D eigenvalue weighted by Crippen LogP contribution is 2.18. The smallest absolute Gasteiger partial charge is 0.307 e. The standard InChI is InChI=1S/C15H19ClN2O5S/c1-10(15(20)18-12-4-5-12)23-14(19)8-9-17-24(21,22)13-6-2-11(16)3-7-13/h2-3,6-7,10,12,17H,4-5,8-9H2,1H3,(H,18,20)/t10-/m1/s1. The van der Waals surface area contributed by atoms with Crippen LogP contribution in [0.3, 0.4) is 0 Å². The predicted octanol–water partition coefficient (Wildman–Crippen LogP) is 1.22. The number of hydrogen-bond acceptors (Lipinski definition) is 5. The maximum Gasteiger partial charge on any atom is 0.307 e. The van der Waals surface area contributed by atoms with Crippen LogP contribution in [-0.2, 0) is 24.3 Å². The lowest BCUT2D eigenvalue weighted by Gasteiger charge is -2.13. The van der Waals surface area contributed by atoms with Gasteiger partial charge in [-0.3, -0.25) is 9.59 Å². The number of hydrogen-bond donors (Lipinski definition) is 2. The van der Waals surface area contributed by atoms with Gasteiger partial charge in [0.05, 0.1) is 11.3 Å². The Bertz CT molecular complexity index is 701. The molecule has 1 aliphatic carbocycles. The molecule has 0 heterocycles. The maximum absolute atomic E-state index is 12.0. The van der Waals surface area contributed by atoms with Crippen molar-refractivity contribution in [1.82, 2.24) is 10.0 Å². The van der Waals surface area contributed by atoms with E-state index < -0.39 is 22.1 Å². The van der Waals surface area contributed by atoms with E-state index in [-0.39, 0.29) is 29.8 Å². The van der Waals surface area contributed by atoms with Gasteiger partial charge >= 0.3 is 5.97 Å². The summed E-state index contributed by atoms with van der Waals surface area (Å²) in [6.45, 7) is 1.36. The minimum Gasteiger partial charge on any atom is -0.453 e. The molecule has 1 atom stereocenters. The van der Waals surface area contributed by atoms with Crippen LogP contribution in [0.4, 0.5) is 0 Å². The molecule has 9 heteroatoms. The zero-order chi connectivity index (χ0) is 17.7. The summed E-state index contributed by atoms with van der Waals surface area (Å²) >= 11 is 5.71. The van der Waals surface area contributed by atoms with E-state index in [0.717, 1.165) is 12.8 Å². The van der Waals surface area contributed by atoms with Crippen molar-refractivity contribution in [2.24, 2.45) is 0 Å². The molecule has 0 saturated heterocycles. The Morgan fingerprint density at radius 2 is 1.92 bits per heavy atom. The summed E-state index contributed by atoms with van der Waals surface area (Å²) in [5, 5.41) is 3.15. The van der Waals surface area contributed by atoms with E-state index in [9.17, 15) is 18.0 Å². The van der Waals surface area contributed by atoms with Gasteiger partial charge in [0, 0.05) is 17.6 Å². The van der Waals surface area contributed by atoms with Crippen LogP contribution in [0.25, 0.3) is 0 Å². The van der Waals surface area contributed by atoms with Crippen LogP contribution in [0.5, 0.6) is 0 Å². The average Bonchev–Trinajstić information content (AvgIpc) is 3.31. The van der Waals surface area contributed by atoms with Crippen molar-refractivity contribution in [2.45, 2.75) is 43.2 Å². The second kappa shape index (κ2) is 7.96. The van der Waals surface area contributed by atoms with Gasteiger partial charge in [0.15, 0.2) is 6.10 Å². The number of carbonyl (C=O) groups excluding carboxylic acids is 2. The summed E-state index contributed by atoms with van der Waals surface area (Å²) in [6, 6.07) is 5.85. The predicted molar refractivity (Wildman–Crippen MR) is 88.0 cm³/mol. The number of ether oxygens (including phenoxy) is 1. The molecule has 7 nitrogen and oxygen atoms in total. The first-order chi connectivity index (χ1) is 11.3. The Balaban J connectivity index is 1.75. The maximum atomic E-state index is 12.0. The molecule has 0 aromatic heterocycles. The Morgan fingerprint density at radius 3 is 2.50 bits per heavy atom. The van der Waals surface area contributed by atoms with Gasteiger partial charge in [0.1, 0.15) is 0 Å². The normalized spacial score (nSPS) is 15.6. The van der Waals surface area contributed by atoms with E-state index >= 15 is 0 Å². The molecule has 2 rings (SSSR count). The monoisotopic (exact) mass is 374 g/mol. The fourth-order valence-electron chi connectivity index (χ4n) is 1.84. The molecule has 0 bridgehead atoms. The molecule has 1 aliphatic rings. The summed E-state index contributed by atoms with van der Waals surface area (Å²) < 4.78 is 31.3. The summed E-state index contributed by atoms with van der Waals surface area (Å²) in [5.41, 5.74) is 0. The third-order valence-corrected chi connectivity index (χ3v) is 5.08. The van der Waals surface area contributed by atoms with Gasteiger partial charge in [-0.1, -0.05) is 11.6 Å².